The van der Waals surface area contributed by atoms with Crippen molar-refractivity contribution in [2.24, 2.45) is 16.8 Å². The van der Waals surface area contributed by atoms with Gasteiger partial charge in [0.15, 0.2) is 21.4 Å². The summed E-state index contributed by atoms with van der Waals surface area (Å²) in [6.45, 7) is 3.73. The number of rotatable bonds is 6. The van der Waals surface area contributed by atoms with E-state index >= 15 is 4.39 Å². The summed E-state index contributed by atoms with van der Waals surface area (Å²) in [5.41, 5.74) is 1.43. The topological polar surface area (TPSA) is 55.7 Å². The normalized spacial score (nSPS) is 22.5. The number of allylic oxidation sites excluding steroid dienone is 1. The van der Waals surface area contributed by atoms with E-state index in [0.717, 1.165) is 25.7 Å². The van der Waals surface area contributed by atoms with Gasteiger partial charge in [0.2, 0.25) is 0 Å². The molecular formula is C21H27F2NO3SW. The first-order chi connectivity index (χ1) is 13.2. The van der Waals surface area contributed by atoms with Gasteiger partial charge in [-0.2, -0.15) is 0 Å². The minimum Gasteiger partial charge on any atom is -0.494 e. The first-order valence-corrected chi connectivity index (χ1v) is 11.4. The second-order valence-corrected chi connectivity index (χ2v) is 10.6. The molecule has 1 aliphatic heterocycles. The number of ether oxygens (including phenoxy) is 1. The van der Waals surface area contributed by atoms with Crippen LogP contribution in [0.3, 0.4) is 0 Å². The summed E-state index contributed by atoms with van der Waals surface area (Å²) >= 11 is 0. The van der Waals surface area contributed by atoms with Crippen LogP contribution in [0.15, 0.2) is 34.6 Å². The Balaban J connectivity index is 0.00000300. The Morgan fingerprint density at radius 1 is 1.17 bits per heavy atom. The average molecular weight is 595 g/mol. The zero-order valence-corrected chi connectivity index (χ0v) is 20.7. The summed E-state index contributed by atoms with van der Waals surface area (Å²) in [5.74, 6) is -0.308. The molecule has 4 nitrogen and oxygen atoms in total. The Labute approximate surface area is 186 Å². The van der Waals surface area contributed by atoms with Crippen molar-refractivity contribution >= 4 is 15.5 Å². The van der Waals surface area contributed by atoms with Gasteiger partial charge < -0.3 is 4.74 Å². The van der Waals surface area contributed by atoms with E-state index in [9.17, 15) is 12.8 Å². The fraction of sp³-hybridized carbons (Fsp3) is 0.571. The van der Waals surface area contributed by atoms with Crippen LogP contribution in [0, 0.1) is 17.7 Å². The maximum absolute atomic E-state index is 15.1. The van der Waals surface area contributed by atoms with Gasteiger partial charge in [-0.1, -0.05) is 0 Å². The molecule has 0 amide bonds. The number of halogens is 2. The van der Waals surface area contributed by atoms with Gasteiger partial charge in [0.05, 0.1) is 24.7 Å². The number of nitrogens with zero attached hydrogens (tertiary/aromatic N) is 1. The third-order valence-electron chi connectivity index (χ3n) is 5.85. The number of benzene rings is 1. The molecule has 8 heteroatoms. The Bertz CT molecular complexity index is 905. The monoisotopic (exact) mass is 595 g/mol. The number of methoxy groups -OCH3 is 1. The van der Waals surface area contributed by atoms with Crippen molar-refractivity contribution in [2.45, 2.75) is 44.8 Å². The van der Waals surface area contributed by atoms with Crippen molar-refractivity contribution in [1.29, 1.82) is 0 Å². The summed E-state index contributed by atoms with van der Waals surface area (Å²) in [4.78, 5) is 4.34. The number of sulfone groups is 1. The Morgan fingerprint density at radius 2 is 1.83 bits per heavy atom. The summed E-state index contributed by atoms with van der Waals surface area (Å²) < 4.78 is 57.9. The Kier molecular flexibility index (Phi) is 8.20. The fourth-order valence-corrected chi connectivity index (χ4v) is 5.36. The number of hydrogen-bond acceptors (Lipinski definition) is 4. The second-order valence-electron chi connectivity index (χ2n) is 7.95. The standard InChI is InChI=1S/C21H27F2NO3S.W/c1-13(2)28(25,26)12-14-4-6-15(7-5-14)17-11-24-21(20(17)23)16-8-9-18(22)19(10-16)27-3;/h8-10,13-15H,4-7,11-12H2,1-3H3;. The number of aliphatic imine (C=N–C) groups is 1. The van der Waals surface area contributed by atoms with Crippen molar-refractivity contribution < 1.29 is 43.0 Å². The van der Waals surface area contributed by atoms with Gasteiger partial charge in [-0.15, -0.1) is 0 Å². The van der Waals surface area contributed by atoms with Gasteiger partial charge in [0.25, 0.3) is 0 Å². The molecule has 0 aromatic heterocycles. The molecule has 1 aliphatic carbocycles. The van der Waals surface area contributed by atoms with Crippen molar-refractivity contribution in [3.05, 3.63) is 41.0 Å². The molecule has 0 bridgehead atoms. The minimum atomic E-state index is -3.05. The molecule has 0 unspecified atom stereocenters. The van der Waals surface area contributed by atoms with Gasteiger partial charge in [0, 0.05) is 26.6 Å². The summed E-state index contributed by atoms with van der Waals surface area (Å²) in [5, 5.41) is -0.358. The first kappa shape index (κ1) is 24.2. The molecule has 0 atom stereocenters. The molecule has 160 valence electrons. The van der Waals surface area contributed by atoms with Gasteiger partial charge >= 0.3 is 0 Å². The Morgan fingerprint density at radius 3 is 2.41 bits per heavy atom. The minimum absolute atomic E-state index is 0. The summed E-state index contributed by atoms with van der Waals surface area (Å²) in [6.07, 6.45) is 3.12. The molecule has 1 heterocycles. The van der Waals surface area contributed by atoms with Gasteiger partial charge in [-0.25, -0.2) is 17.2 Å². The van der Waals surface area contributed by atoms with Crippen LogP contribution in [0.5, 0.6) is 5.75 Å². The van der Waals surface area contributed by atoms with E-state index in [1.165, 1.54) is 25.3 Å². The molecule has 1 fully saturated rings. The Hall–Kier alpha value is -1.07. The van der Waals surface area contributed by atoms with Crippen molar-refractivity contribution in [1.82, 2.24) is 0 Å². The van der Waals surface area contributed by atoms with Gasteiger partial charge in [-0.05, 0) is 75.1 Å². The van der Waals surface area contributed by atoms with Crippen LogP contribution in [-0.4, -0.2) is 38.8 Å². The predicted molar refractivity (Wildman–Crippen MR) is 107 cm³/mol. The van der Waals surface area contributed by atoms with Crippen LogP contribution < -0.4 is 4.74 Å². The van der Waals surface area contributed by atoms with Crippen molar-refractivity contribution in [2.75, 3.05) is 19.4 Å². The van der Waals surface area contributed by atoms with Crippen molar-refractivity contribution in [3.63, 3.8) is 0 Å². The third kappa shape index (κ3) is 5.35. The SMILES string of the molecule is COc1cc(C2=NCC(C3CCC(CS(=O)(=O)C(C)C)CC3)=C2F)ccc1F.[W]. The molecule has 0 radical (unpaired) electrons. The zero-order chi connectivity index (χ0) is 20.5. The largest absolute Gasteiger partial charge is 0.494 e. The van der Waals surface area contributed by atoms with E-state index in [1.807, 2.05) is 0 Å². The fourth-order valence-electron chi connectivity index (χ4n) is 3.99. The molecule has 1 aromatic rings. The molecule has 3 rings (SSSR count). The van der Waals surface area contributed by atoms with Crippen LogP contribution in [-0.2, 0) is 30.9 Å². The van der Waals surface area contributed by atoms with Crippen LogP contribution in [0.1, 0.15) is 45.1 Å². The smallest absolute Gasteiger partial charge is 0.165 e. The maximum Gasteiger partial charge on any atom is 0.165 e. The van der Waals surface area contributed by atoms with Crippen LogP contribution in [0.25, 0.3) is 0 Å². The van der Waals surface area contributed by atoms with E-state index in [2.05, 4.69) is 4.99 Å². The summed E-state index contributed by atoms with van der Waals surface area (Å²) in [6, 6.07) is 4.22. The van der Waals surface area contributed by atoms with Gasteiger partial charge in [-0.3, -0.25) is 4.99 Å². The molecule has 1 saturated carbocycles. The van der Waals surface area contributed by atoms with Gasteiger partial charge in [0.1, 0.15) is 11.5 Å². The van der Waals surface area contributed by atoms with E-state index in [-0.39, 0.29) is 61.2 Å². The third-order valence-corrected chi connectivity index (χ3v) is 8.22. The zero-order valence-electron chi connectivity index (χ0n) is 17.0. The molecule has 0 N–H and O–H groups in total. The molecule has 0 spiro atoms. The number of hydrogen-bond donors (Lipinski definition) is 0. The van der Waals surface area contributed by atoms with Crippen LogP contribution in [0.2, 0.25) is 0 Å². The summed E-state index contributed by atoms with van der Waals surface area (Å²) in [7, 11) is -1.68. The molecule has 0 saturated heterocycles. The van der Waals surface area contributed by atoms with Crippen LogP contribution >= 0.6 is 0 Å². The van der Waals surface area contributed by atoms with E-state index in [1.54, 1.807) is 13.8 Å². The quantitative estimate of drug-likeness (QED) is 0.488. The van der Waals surface area contributed by atoms with Crippen LogP contribution in [0.4, 0.5) is 8.78 Å². The maximum atomic E-state index is 15.1. The first-order valence-electron chi connectivity index (χ1n) is 9.71. The van der Waals surface area contributed by atoms with Crippen molar-refractivity contribution in [3.8, 4) is 5.75 Å². The van der Waals surface area contributed by atoms with E-state index in [0.29, 0.717) is 17.7 Å². The molecule has 2 aliphatic rings. The molecule has 29 heavy (non-hydrogen) atoms. The van der Waals surface area contributed by atoms with E-state index < -0.39 is 15.7 Å². The molecular weight excluding hydrogens is 568 g/mol. The predicted octanol–water partition coefficient (Wildman–Crippen LogP) is 4.49. The molecule has 1 aromatic carbocycles. The second kappa shape index (κ2) is 9.82. The van der Waals surface area contributed by atoms with E-state index in [4.69, 9.17) is 4.74 Å². The average Bonchev–Trinajstić information content (AvgIpc) is 3.04.